The number of piperidine rings is 1. The Morgan fingerprint density at radius 1 is 1.27 bits per heavy atom. The maximum absolute atomic E-state index is 12.1. The minimum absolute atomic E-state index is 0.0948. The fraction of sp³-hybridized carbons (Fsp3) is 0.389. The van der Waals surface area contributed by atoms with Gasteiger partial charge in [-0.25, -0.2) is 14.8 Å². The van der Waals surface area contributed by atoms with Crippen LogP contribution in [0.2, 0.25) is 5.02 Å². The molecular weight excluding hydrogens is 352 g/mol. The van der Waals surface area contributed by atoms with Crippen LogP contribution in [0.25, 0.3) is 11.0 Å². The lowest BCUT2D eigenvalue weighted by Crippen LogP contribution is -2.44. The van der Waals surface area contributed by atoms with Crippen LogP contribution < -0.4 is 15.9 Å². The van der Waals surface area contributed by atoms with Crippen molar-refractivity contribution >= 4 is 28.5 Å². The fourth-order valence-corrected chi connectivity index (χ4v) is 3.69. The average molecular weight is 373 g/mol. The Bertz CT molecular complexity index is 930. The van der Waals surface area contributed by atoms with Gasteiger partial charge in [0.1, 0.15) is 12.1 Å². The largest absolute Gasteiger partial charge is 0.356 e. The summed E-state index contributed by atoms with van der Waals surface area (Å²) in [5.41, 5.74) is 1.57. The number of hydrogen-bond donors (Lipinski definition) is 2. The van der Waals surface area contributed by atoms with Crippen LogP contribution >= 0.6 is 11.6 Å². The van der Waals surface area contributed by atoms with Crippen molar-refractivity contribution in [2.75, 3.05) is 24.5 Å². The third-order valence-corrected chi connectivity index (χ3v) is 5.12. The number of nitrogens with one attached hydrogen (secondary N) is 2. The van der Waals surface area contributed by atoms with Crippen LogP contribution in [0.15, 0.2) is 41.6 Å². The molecule has 4 rings (SSSR count). The van der Waals surface area contributed by atoms with E-state index >= 15 is 0 Å². The minimum atomic E-state index is -0.0948. The van der Waals surface area contributed by atoms with Gasteiger partial charge in [-0.2, -0.15) is 0 Å². The number of nitrogens with zero attached hydrogens (tertiary/aromatic N) is 4. The van der Waals surface area contributed by atoms with Crippen molar-refractivity contribution in [2.45, 2.75) is 25.4 Å². The van der Waals surface area contributed by atoms with Crippen LogP contribution in [0.4, 0.5) is 5.82 Å². The Hall–Kier alpha value is -2.38. The van der Waals surface area contributed by atoms with Crippen molar-refractivity contribution < 1.29 is 0 Å². The van der Waals surface area contributed by atoms with Gasteiger partial charge in [-0.15, -0.1) is 0 Å². The van der Waals surface area contributed by atoms with Crippen LogP contribution in [-0.2, 0) is 6.54 Å². The number of anilines is 1. The van der Waals surface area contributed by atoms with Crippen molar-refractivity contribution in [1.29, 1.82) is 0 Å². The van der Waals surface area contributed by atoms with Crippen molar-refractivity contribution in [3.8, 4) is 0 Å². The molecule has 1 aliphatic heterocycles. The molecule has 0 amide bonds. The lowest BCUT2D eigenvalue weighted by Gasteiger charge is -2.33. The van der Waals surface area contributed by atoms with Crippen molar-refractivity contribution in [3.63, 3.8) is 0 Å². The van der Waals surface area contributed by atoms with E-state index in [0.29, 0.717) is 17.6 Å². The molecule has 0 saturated carbocycles. The predicted octanol–water partition coefficient (Wildman–Crippen LogP) is 2.03. The molecule has 0 spiro atoms. The van der Waals surface area contributed by atoms with Gasteiger partial charge in [0.2, 0.25) is 0 Å². The van der Waals surface area contributed by atoms with Crippen molar-refractivity contribution in [3.05, 3.63) is 52.3 Å². The van der Waals surface area contributed by atoms with Crippen molar-refractivity contribution in [1.82, 2.24) is 24.8 Å². The second-order valence-electron chi connectivity index (χ2n) is 6.53. The summed E-state index contributed by atoms with van der Waals surface area (Å²) in [6.45, 7) is 3.33. The van der Waals surface area contributed by atoms with E-state index in [0.717, 1.165) is 49.3 Å². The molecule has 0 radical (unpaired) electrons. The monoisotopic (exact) mass is 372 g/mol. The molecule has 1 saturated heterocycles. The summed E-state index contributed by atoms with van der Waals surface area (Å²) in [4.78, 5) is 25.6. The van der Waals surface area contributed by atoms with Gasteiger partial charge in [-0.1, -0.05) is 11.6 Å². The minimum Gasteiger partial charge on any atom is -0.356 e. The number of aromatic nitrogens is 4. The highest BCUT2D eigenvalue weighted by Crippen LogP contribution is 2.18. The number of fused-ring (bicyclic) bond motifs is 1. The first kappa shape index (κ1) is 17.1. The summed E-state index contributed by atoms with van der Waals surface area (Å²) in [7, 11) is 0. The Balaban J connectivity index is 1.31. The first-order valence-electron chi connectivity index (χ1n) is 8.83. The summed E-state index contributed by atoms with van der Waals surface area (Å²) in [6.07, 6.45) is 5.48. The van der Waals surface area contributed by atoms with Gasteiger partial charge in [0.05, 0.1) is 11.0 Å². The maximum Gasteiger partial charge on any atom is 0.326 e. The summed E-state index contributed by atoms with van der Waals surface area (Å²) >= 11 is 5.99. The molecule has 1 fully saturated rings. The fourth-order valence-electron chi connectivity index (χ4n) is 3.52. The smallest absolute Gasteiger partial charge is 0.326 e. The molecule has 2 N–H and O–H groups in total. The second-order valence-corrected chi connectivity index (χ2v) is 6.96. The van der Waals surface area contributed by atoms with E-state index in [4.69, 9.17) is 11.6 Å². The number of rotatable bonds is 5. The number of H-pyrrole nitrogens is 1. The lowest BCUT2D eigenvalue weighted by atomic mass is 10.1. The third kappa shape index (κ3) is 3.59. The zero-order valence-electron chi connectivity index (χ0n) is 14.4. The van der Waals surface area contributed by atoms with Gasteiger partial charge in [0.25, 0.3) is 0 Å². The van der Waals surface area contributed by atoms with Crippen LogP contribution in [-0.4, -0.2) is 45.2 Å². The number of halogens is 1. The molecule has 0 atom stereocenters. The molecule has 7 nitrogen and oxygen atoms in total. The van der Waals surface area contributed by atoms with E-state index in [9.17, 15) is 4.79 Å². The molecule has 0 aliphatic carbocycles. The highest BCUT2D eigenvalue weighted by molar-refractivity contribution is 6.31. The van der Waals surface area contributed by atoms with Crippen LogP contribution in [0, 0.1) is 0 Å². The molecule has 2 aromatic heterocycles. The normalized spacial score (nSPS) is 15.7. The van der Waals surface area contributed by atoms with Gasteiger partial charge in [-0.05, 0) is 37.1 Å². The van der Waals surface area contributed by atoms with Gasteiger partial charge in [-0.3, -0.25) is 4.57 Å². The van der Waals surface area contributed by atoms with Crippen LogP contribution in [0.3, 0.4) is 0 Å². The average Bonchev–Trinajstić information content (AvgIpc) is 2.97. The molecule has 26 heavy (non-hydrogen) atoms. The predicted molar refractivity (Wildman–Crippen MR) is 103 cm³/mol. The summed E-state index contributed by atoms with van der Waals surface area (Å²) in [6, 6.07) is 7.89. The number of benzene rings is 1. The molecule has 8 heteroatoms. The van der Waals surface area contributed by atoms with E-state index in [1.807, 2.05) is 18.2 Å². The Morgan fingerprint density at radius 3 is 2.88 bits per heavy atom. The summed E-state index contributed by atoms with van der Waals surface area (Å²) in [5.74, 6) is 0.988. The molecule has 136 valence electrons. The molecular formula is C18H21ClN6O. The quantitative estimate of drug-likeness (QED) is 0.716. The molecule has 0 unspecified atom stereocenters. The molecule has 3 aromatic rings. The Kier molecular flexibility index (Phi) is 4.90. The standard InChI is InChI=1S/C18H21ClN6O/c19-13-1-2-16-15(11-13)23-18(26)25(16)10-7-21-14-4-8-24(9-5-14)17-3-6-20-12-22-17/h1-3,6,11-12,14,21H,4-5,7-10H2,(H,23,26). The first-order chi connectivity index (χ1) is 12.7. The molecule has 0 bridgehead atoms. The summed E-state index contributed by atoms with van der Waals surface area (Å²) < 4.78 is 1.76. The maximum atomic E-state index is 12.1. The van der Waals surface area contributed by atoms with E-state index in [-0.39, 0.29) is 5.69 Å². The van der Waals surface area contributed by atoms with Gasteiger partial charge >= 0.3 is 5.69 Å². The zero-order valence-corrected chi connectivity index (χ0v) is 15.1. The first-order valence-corrected chi connectivity index (χ1v) is 9.21. The van der Waals surface area contributed by atoms with E-state index in [1.165, 1.54) is 0 Å². The number of aromatic amines is 1. The Labute approximate surface area is 156 Å². The SMILES string of the molecule is O=c1[nH]c2cc(Cl)ccc2n1CCNC1CCN(c2ccncn2)CC1. The number of imidazole rings is 1. The molecule has 1 aromatic carbocycles. The zero-order chi connectivity index (χ0) is 17.9. The van der Waals surface area contributed by atoms with Gasteiger partial charge in [0, 0.05) is 43.4 Å². The third-order valence-electron chi connectivity index (χ3n) is 4.89. The lowest BCUT2D eigenvalue weighted by molar-refractivity contribution is 0.405. The van der Waals surface area contributed by atoms with Crippen LogP contribution in [0.1, 0.15) is 12.8 Å². The highest BCUT2D eigenvalue weighted by atomic mass is 35.5. The highest BCUT2D eigenvalue weighted by Gasteiger charge is 2.19. The van der Waals surface area contributed by atoms with E-state index in [2.05, 4.69) is 25.2 Å². The van der Waals surface area contributed by atoms with Gasteiger partial charge in [0.15, 0.2) is 0 Å². The number of hydrogen-bond acceptors (Lipinski definition) is 5. The second kappa shape index (κ2) is 7.47. The summed E-state index contributed by atoms with van der Waals surface area (Å²) in [5, 5.41) is 4.20. The Morgan fingerprint density at radius 2 is 2.12 bits per heavy atom. The van der Waals surface area contributed by atoms with Crippen LogP contribution in [0.5, 0.6) is 0 Å². The molecule has 3 heterocycles. The topological polar surface area (TPSA) is 78.8 Å². The van der Waals surface area contributed by atoms with Gasteiger partial charge < -0.3 is 15.2 Å². The molecule has 1 aliphatic rings. The van der Waals surface area contributed by atoms with E-state index in [1.54, 1.807) is 23.2 Å². The van der Waals surface area contributed by atoms with Crippen molar-refractivity contribution in [2.24, 2.45) is 0 Å². The van der Waals surface area contributed by atoms with E-state index < -0.39 is 0 Å².